The summed E-state index contributed by atoms with van der Waals surface area (Å²) in [4.78, 5) is 25.1. The zero-order valence-electron chi connectivity index (χ0n) is 13.9. The van der Waals surface area contributed by atoms with E-state index in [4.69, 9.17) is 4.74 Å². The molecule has 2 amide bonds. The van der Waals surface area contributed by atoms with Crippen molar-refractivity contribution in [1.29, 1.82) is 0 Å². The molecule has 122 valence electrons. The van der Waals surface area contributed by atoms with Crippen LogP contribution < -0.4 is 5.32 Å². The van der Waals surface area contributed by atoms with Crippen LogP contribution in [0, 0.1) is 0 Å². The molecule has 0 fully saturated rings. The second-order valence-corrected chi connectivity index (χ2v) is 5.61. The number of nitrogens with one attached hydrogen (secondary N) is 1. The third-order valence-electron chi connectivity index (χ3n) is 3.42. The topological polar surface area (TPSA) is 58.6 Å². The van der Waals surface area contributed by atoms with Gasteiger partial charge in [-0.2, -0.15) is 0 Å². The van der Waals surface area contributed by atoms with Gasteiger partial charge in [0.2, 0.25) is 11.8 Å². The molecule has 0 radical (unpaired) electrons. The first-order valence-electron chi connectivity index (χ1n) is 7.58. The van der Waals surface area contributed by atoms with E-state index in [0.717, 1.165) is 5.69 Å². The zero-order chi connectivity index (χ0) is 16.5. The first kappa shape index (κ1) is 18.2. The van der Waals surface area contributed by atoms with Crippen molar-refractivity contribution in [1.82, 2.24) is 4.90 Å². The van der Waals surface area contributed by atoms with Crippen LogP contribution in [0.4, 0.5) is 5.69 Å². The molecule has 22 heavy (non-hydrogen) atoms. The Kier molecular flexibility index (Phi) is 7.60. The van der Waals surface area contributed by atoms with Gasteiger partial charge in [-0.15, -0.1) is 0 Å². The Hall–Kier alpha value is -1.88. The number of amides is 2. The molecular weight excluding hydrogens is 280 g/mol. The molecule has 1 N–H and O–H groups in total. The van der Waals surface area contributed by atoms with Gasteiger partial charge in [-0.25, -0.2) is 0 Å². The van der Waals surface area contributed by atoms with E-state index in [1.807, 2.05) is 24.3 Å². The number of carbonyl (C=O) groups excluding carboxylic acids is 2. The van der Waals surface area contributed by atoms with Crippen LogP contribution in [0.1, 0.15) is 38.7 Å². The monoisotopic (exact) mass is 306 g/mol. The highest BCUT2D eigenvalue weighted by atomic mass is 16.5. The fourth-order valence-electron chi connectivity index (χ4n) is 2.07. The largest absolute Gasteiger partial charge is 0.385 e. The lowest BCUT2D eigenvalue weighted by Gasteiger charge is -2.20. The number of rotatable bonds is 8. The summed E-state index contributed by atoms with van der Waals surface area (Å²) in [6.07, 6.45) is 0.715. The molecule has 1 rings (SSSR count). The molecule has 0 saturated heterocycles. The standard InChI is InChI=1S/C17H26N2O3/c1-13(2)15-6-8-16(9-7-15)18-17(21)12-19(14(3)20)10-5-11-22-4/h6-9,13H,5,10-12H2,1-4H3,(H,18,21). The number of nitrogens with zero attached hydrogens (tertiary/aromatic N) is 1. The summed E-state index contributed by atoms with van der Waals surface area (Å²) < 4.78 is 4.96. The van der Waals surface area contributed by atoms with Gasteiger partial charge in [0.05, 0.1) is 6.54 Å². The predicted molar refractivity (Wildman–Crippen MR) is 87.9 cm³/mol. The summed E-state index contributed by atoms with van der Waals surface area (Å²) in [7, 11) is 1.62. The highest BCUT2D eigenvalue weighted by Crippen LogP contribution is 2.17. The average molecular weight is 306 g/mol. The predicted octanol–water partition coefficient (Wildman–Crippen LogP) is 2.63. The van der Waals surface area contributed by atoms with Gasteiger partial charge in [0.25, 0.3) is 0 Å². The highest BCUT2D eigenvalue weighted by molar-refractivity contribution is 5.94. The number of methoxy groups -OCH3 is 1. The van der Waals surface area contributed by atoms with Crippen LogP contribution in [0.15, 0.2) is 24.3 Å². The number of hydrogen-bond donors (Lipinski definition) is 1. The molecule has 0 saturated carbocycles. The third-order valence-corrected chi connectivity index (χ3v) is 3.42. The molecule has 0 unspecified atom stereocenters. The highest BCUT2D eigenvalue weighted by Gasteiger charge is 2.13. The van der Waals surface area contributed by atoms with Crippen molar-refractivity contribution >= 4 is 17.5 Å². The van der Waals surface area contributed by atoms with Crippen molar-refractivity contribution in [2.24, 2.45) is 0 Å². The molecule has 0 spiro atoms. The summed E-state index contributed by atoms with van der Waals surface area (Å²) in [6, 6.07) is 7.77. The summed E-state index contributed by atoms with van der Waals surface area (Å²) in [5.41, 5.74) is 1.97. The minimum absolute atomic E-state index is 0.0605. The number of ether oxygens (including phenoxy) is 1. The van der Waals surface area contributed by atoms with E-state index in [9.17, 15) is 9.59 Å². The second-order valence-electron chi connectivity index (χ2n) is 5.61. The summed E-state index contributed by atoms with van der Waals surface area (Å²) in [5, 5.41) is 2.82. The molecule has 5 nitrogen and oxygen atoms in total. The Morgan fingerprint density at radius 1 is 1.23 bits per heavy atom. The normalized spacial score (nSPS) is 10.6. The van der Waals surface area contributed by atoms with Gasteiger partial charge < -0.3 is 15.0 Å². The second kappa shape index (κ2) is 9.20. The molecular formula is C17H26N2O3. The Morgan fingerprint density at radius 2 is 1.86 bits per heavy atom. The fourth-order valence-corrected chi connectivity index (χ4v) is 2.07. The molecule has 0 aliphatic heterocycles. The molecule has 0 aromatic heterocycles. The van der Waals surface area contributed by atoms with E-state index in [-0.39, 0.29) is 18.4 Å². The summed E-state index contributed by atoms with van der Waals surface area (Å²) in [5.74, 6) is 0.157. The maximum atomic E-state index is 12.0. The van der Waals surface area contributed by atoms with Crippen molar-refractivity contribution in [2.75, 3.05) is 32.1 Å². The minimum Gasteiger partial charge on any atom is -0.385 e. The van der Waals surface area contributed by atoms with Crippen LogP contribution in [0.5, 0.6) is 0 Å². The lowest BCUT2D eigenvalue weighted by molar-refractivity contribution is -0.132. The Morgan fingerprint density at radius 3 is 2.36 bits per heavy atom. The number of carbonyl (C=O) groups is 2. The van der Waals surface area contributed by atoms with Crippen LogP contribution in [0.2, 0.25) is 0 Å². The molecule has 0 aliphatic carbocycles. The van der Waals surface area contributed by atoms with Gasteiger partial charge in [0.15, 0.2) is 0 Å². The van der Waals surface area contributed by atoms with Crippen LogP contribution >= 0.6 is 0 Å². The van der Waals surface area contributed by atoms with Crippen LogP contribution in [0.3, 0.4) is 0 Å². The van der Waals surface area contributed by atoms with E-state index < -0.39 is 0 Å². The van der Waals surface area contributed by atoms with E-state index in [1.54, 1.807) is 7.11 Å². The van der Waals surface area contributed by atoms with E-state index in [2.05, 4.69) is 19.2 Å². The third kappa shape index (κ3) is 6.26. The SMILES string of the molecule is COCCCN(CC(=O)Nc1ccc(C(C)C)cc1)C(C)=O. The van der Waals surface area contributed by atoms with E-state index in [0.29, 0.717) is 25.5 Å². The lowest BCUT2D eigenvalue weighted by atomic mass is 10.0. The fraction of sp³-hybridized carbons (Fsp3) is 0.529. The van der Waals surface area contributed by atoms with Gasteiger partial charge in [-0.1, -0.05) is 26.0 Å². The Bertz CT molecular complexity index is 483. The van der Waals surface area contributed by atoms with E-state index >= 15 is 0 Å². The average Bonchev–Trinajstić information content (AvgIpc) is 2.46. The molecule has 0 heterocycles. The molecule has 1 aromatic rings. The van der Waals surface area contributed by atoms with Crippen molar-refractivity contribution in [3.8, 4) is 0 Å². The van der Waals surface area contributed by atoms with Gasteiger partial charge in [0, 0.05) is 32.9 Å². The molecule has 0 aliphatic rings. The summed E-state index contributed by atoms with van der Waals surface area (Å²) in [6.45, 7) is 6.87. The molecule has 5 heteroatoms. The van der Waals surface area contributed by atoms with Gasteiger partial charge in [0.1, 0.15) is 0 Å². The van der Waals surface area contributed by atoms with Crippen molar-refractivity contribution in [3.05, 3.63) is 29.8 Å². The van der Waals surface area contributed by atoms with Crippen LogP contribution in [-0.4, -0.2) is 43.5 Å². The maximum Gasteiger partial charge on any atom is 0.243 e. The first-order chi connectivity index (χ1) is 10.4. The minimum atomic E-state index is -0.190. The summed E-state index contributed by atoms with van der Waals surface area (Å²) >= 11 is 0. The number of benzene rings is 1. The lowest BCUT2D eigenvalue weighted by Crippen LogP contribution is -2.37. The molecule has 0 atom stereocenters. The Labute approximate surface area is 132 Å². The number of anilines is 1. The maximum absolute atomic E-state index is 12.0. The van der Waals surface area contributed by atoms with Crippen molar-refractivity contribution in [2.45, 2.75) is 33.1 Å². The van der Waals surface area contributed by atoms with Crippen molar-refractivity contribution < 1.29 is 14.3 Å². The zero-order valence-corrected chi connectivity index (χ0v) is 13.9. The number of hydrogen-bond acceptors (Lipinski definition) is 3. The Balaban J connectivity index is 2.53. The van der Waals surface area contributed by atoms with Gasteiger partial charge in [-0.05, 0) is 30.0 Å². The van der Waals surface area contributed by atoms with Crippen LogP contribution in [-0.2, 0) is 14.3 Å². The van der Waals surface area contributed by atoms with Gasteiger partial charge in [-0.3, -0.25) is 9.59 Å². The van der Waals surface area contributed by atoms with Crippen LogP contribution in [0.25, 0.3) is 0 Å². The molecule has 0 bridgehead atoms. The van der Waals surface area contributed by atoms with E-state index in [1.165, 1.54) is 17.4 Å². The smallest absolute Gasteiger partial charge is 0.243 e. The first-order valence-corrected chi connectivity index (χ1v) is 7.58. The van der Waals surface area contributed by atoms with Gasteiger partial charge >= 0.3 is 0 Å². The van der Waals surface area contributed by atoms with Crippen molar-refractivity contribution in [3.63, 3.8) is 0 Å². The quantitative estimate of drug-likeness (QED) is 0.751. The molecule has 1 aromatic carbocycles.